The minimum atomic E-state index is -4.34. The van der Waals surface area contributed by atoms with Crippen molar-refractivity contribution in [1.82, 2.24) is 10.3 Å². The Bertz CT molecular complexity index is 398. The van der Waals surface area contributed by atoms with Crippen LogP contribution in [0.2, 0.25) is 0 Å². The number of thiazole rings is 1. The summed E-state index contributed by atoms with van der Waals surface area (Å²) in [5.41, 5.74) is 0. The van der Waals surface area contributed by atoms with E-state index in [4.69, 9.17) is 0 Å². The monoisotopic (exact) mass is 322 g/mol. The standard InChI is InChI=1S/C15H25F3N2S/c1-4-7-11(8-5-2)13(19-9-6-3)12-10-20-14(21-12)15(16,17)18/h10-11,13,19H,4-9H2,1-3H3. The lowest BCUT2D eigenvalue weighted by Gasteiger charge is -2.27. The molecule has 0 fully saturated rings. The molecule has 0 radical (unpaired) electrons. The highest BCUT2D eigenvalue weighted by Crippen LogP contribution is 2.38. The van der Waals surface area contributed by atoms with Crippen LogP contribution in [-0.2, 0) is 6.18 Å². The molecule has 0 bridgehead atoms. The zero-order valence-electron chi connectivity index (χ0n) is 13.0. The minimum absolute atomic E-state index is 0.0153. The molecule has 122 valence electrons. The Hall–Kier alpha value is -0.620. The van der Waals surface area contributed by atoms with Crippen LogP contribution in [0.4, 0.5) is 13.2 Å². The second kappa shape index (κ2) is 8.73. The van der Waals surface area contributed by atoms with Gasteiger partial charge in [0.05, 0.1) is 0 Å². The summed E-state index contributed by atoms with van der Waals surface area (Å²) in [5.74, 6) is 0.369. The predicted octanol–water partition coefficient (Wildman–Crippen LogP) is 5.42. The first-order valence-corrected chi connectivity index (χ1v) is 8.51. The number of hydrogen-bond acceptors (Lipinski definition) is 3. The van der Waals surface area contributed by atoms with Crippen LogP contribution < -0.4 is 5.32 Å². The molecule has 1 unspecified atom stereocenters. The Morgan fingerprint density at radius 1 is 1.14 bits per heavy atom. The maximum atomic E-state index is 12.7. The molecule has 1 rings (SSSR count). The van der Waals surface area contributed by atoms with Crippen LogP contribution in [0.3, 0.4) is 0 Å². The third-order valence-electron chi connectivity index (χ3n) is 3.48. The first kappa shape index (κ1) is 18.4. The van der Waals surface area contributed by atoms with Crippen LogP contribution in [-0.4, -0.2) is 11.5 Å². The highest BCUT2D eigenvalue weighted by molar-refractivity contribution is 7.11. The molecule has 0 spiro atoms. The fourth-order valence-corrected chi connectivity index (χ4v) is 3.53. The number of rotatable bonds is 9. The fraction of sp³-hybridized carbons (Fsp3) is 0.800. The summed E-state index contributed by atoms with van der Waals surface area (Å²) in [6, 6.07) is -0.0153. The van der Waals surface area contributed by atoms with Crippen LogP contribution in [0.25, 0.3) is 0 Å². The number of nitrogens with one attached hydrogen (secondary N) is 1. The zero-order valence-corrected chi connectivity index (χ0v) is 13.8. The van der Waals surface area contributed by atoms with E-state index < -0.39 is 11.2 Å². The first-order valence-electron chi connectivity index (χ1n) is 7.70. The van der Waals surface area contributed by atoms with E-state index in [0.717, 1.165) is 50.0 Å². The van der Waals surface area contributed by atoms with Gasteiger partial charge in [-0.1, -0.05) is 33.6 Å². The van der Waals surface area contributed by atoms with Crippen molar-refractivity contribution < 1.29 is 13.2 Å². The van der Waals surface area contributed by atoms with Gasteiger partial charge in [-0.2, -0.15) is 13.2 Å². The van der Waals surface area contributed by atoms with Gasteiger partial charge in [-0.3, -0.25) is 0 Å². The lowest BCUT2D eigenvalue weighted by molar-refractivity contribution is -0.137. The van der Waals surface area contributed by atoms with Crippen LogP contribution in [0.5, 0.6) is 0 Å². The van der Waals surface area contributed by atoms with Crippen molar-refractivity contribution in [3.8, 4) is 0 Å². The predicted molar refractivity (Wildman–Crippen MR) is 81.5 cm³/mol. The van der Waals surface area contributed by atoms with E-state index in [-0.39, 0.29) is 6.04 Å². The molecule has 0 aliphatic heterocycles. The molecule has 1 aromatic rings. The van der Waals surface area contributed by atoms with E-state index in [2.05, 4.69) is 31.1 Å². The second-order valence-corrected chi connectivity index (χ2v) is 6.40. The first-order chi connectivity index (χ1) is 9.93. The minimum Gasteiger partial charge on any atom is -0.309 e. The number of halogens is 3. The Morgan fingerprint density at radius 2 is 1.76 bits per heavy atom. The molecule has 6 heteroatoms. The van der Waals surface area contributed by atoms with Gasteiger partial charge in [0, 0.05) is 17.1 Å². The number of aromatic nitrogens is 1. The van der Waals surface area contributed by atoms with Gasteiger partial charge in [0.25, 0.3) is 0 Å². The van der Waals surface area contributed by atoms with E-state index in [9.17, 15) is 13.2 Å². The maximum Gasteiger partial charge on any atom is 0.443 e. The average molecular weight is 322 g/mol. The molecule has 0 aliphatic carbocycles. The molecular weight excluding hydrogens is 297 g/mol. The summed E-state index contributed by atoms with van der Waals surface area (Å²) >= 11 is 0.780. The van der Waals surface area contributed by atoms with Crippen LogP contribution in [0.15, 0.2) is 6.20 Å². The van der Waals surface area contributed by atoms with E-state index in [0.29, 0.717) is 10.8 Å². The van der Waals surface area contributed by atoms with Crippen molar-refractivity contribution in [1.29, 1.82) is 0 Å². The summed E-state index contributed by atoms with van der Waals surface area (Å²) in [4.78, 5) is 4.28. The van der Waals surface area contributed by atoms with Gasteiger partial charge in [-0.15, -0.1) is 11.3 Å². The molecule has 0 aliphatic rings. The smallest absolute Gasteiger partial charge is 0.309 e. The molecule has 1 atom stereocenters. The number of alkyl halides is 3. The summed E-state index contributed by atoms with van der Waals surface area (Å²) < 4.78 is 38.2. The Balaban J connectivity index is 2.96. The maximum absolute atomic E-state index is 12.7. The summed E-state index contributed by atoms with van der Waals surface area (Å²) in [6.45, 7) is 7.11. The fourth-order valence-electron chi connectivity index (χ4n) is 2.58. The van der Waals surface area contributed by atoms with Crippen LogP contribution in [0.1, 0.15) is 68.8 Å². The van der Waals surface area contributed by atoms with Crippen molar-refractivity contribution in [2.24, 2.45) is 5.92 Å². The Labute approximate surface area is 129 Å². The summed E-state index contributed by atoms with van der Waals surface area (Å²) in [5, 5.41) is 2.68. The molecule has 0 aromatic carbocycles. The summed E-state index contributed by atoms with van der Waals surface area (Å²) in [7, 11) is 0. The number of nitrogens with zero attached hydrogens (tertiary/aromatic N) is 1. The van der Waals surface area contributed by atoms with Gasteiger partial charge in [-0.05, 0) is 31.7 Å². The highest BCUT2D eigenvalue weighted by atomic mass is 32.1. The van der Waals surface area contributed by atoms with E-state index in [1.165, 1.54) is 6.20 Å². The molecule has 0 saturated carbocycles. The van der Waals surface area contributed by atoms with Crippen molar-refractivity contribution in [3.05, 3.63) is 16.1 Å². The lowest BCUT2D eigenvalue weighted by atomic mass is 9.89. The van der Waals surface area contributed by atoms with Gasteiger partial charge >= 0.3 is 6.18 Å². The SMILES string of the molecule is CCCNC(c1cnc(C(F)(F)F)s1)C(CCC)CCC. The molecule has 1 N–H and O–H groups in total. The normalized spacial score (nSPS) is 13.9. The molecule has 1 heterocycles. The topological polar surface area (TPSA) is 24.9 Å². The van der Waals surface area contributed by atoms with E-state index in [1.54, 1.807) is 0 Å². The van der Waals surface area contributed by atoms with Gasteiger partial charge in [-0.25, -0.2) is 4.98 Å². The summed E-state index contributed by atoms with van der Waals surface area (Å²) in [6.07, 6.45) is 2.15. The number of hydrogen-bond donors (Lipinski definition) is 1. The lowest BCUT2D eigenvalue weighted by Crippen LogP contribution is -2.28. The van der Waals surface area contributed by atoms with Crippen LogP contribution >= 0.6 is 11.3 Å². The van der Waals surface area contributed by atoms with Gasteiger partial charge < -0.3 is 5.32 Å². The van der Waals surface area contributed by atoms with Gasteiger partial charge in [0.15, 0.2) is 5.01 Å². The van der Waals surface area contributed by atoms with Crippen molar-refractivity contribution in [3.63, 3.8) is 0 Å². The van der Waals surface area contributed by atoms with E-state index >= 15 is 0 Å². The van der Waals surface area contributed by atoms with Crippen molar-refractivity contribution in [2.75, 3.05) is 6.54 Å². The quantitative estimate of drug-likeness (QED) is 0.656. The van der Waals surface area contributed by atoms with Gasteiger partial charge in [0.1, 0.15) is 0 Å². The van der Waals surface area contributed by atoms with Gasteiger partial charge in [0.2, 0.25) is 0 Å². The zero-order chi connectivity index (χ0) is 15.9. The molecule has 0 amide bonds. The average Bonchev–Trinajstić information content (AvgIpc) is 2.89. The molecule has 0 saturated heterocycles. The van der Waals surface area contributed by atoms with Crippen molar-refractivity contribution in [2.45, 2.75) is 65.1 Å². The third kappa shape index (κ3) is 5.58. The Morgan fingerprint density at radius 3 is 2.19 bits per heavy atom. The Kier molecular flexibility index (Phi) is 7.66. The molecule has 2 nitrogen and oxygen atoms in total. The molecular formula is C15H25F3N2S. The largest absolute Gasteiger partial charge is 0.443 e. The molecule has 1 aromatic heterocycles. The highest BCUT2D eigenvalue weighted by Gasteiger charge is 2.36. The van der Waals surface area contributed by atoms with Crippen LogP contribution in [0, 0.1) is 5.92 Å². The van der Waals surface area contributed by atoms with Crippen molar-refractivity contribution >= 4 is 11.3 Å². The second-order valence-electron chi connectivity index (χ2n) is 5.33. The molecule has 21 heavy (non-hydrogen) atoms. The third-order valence-corrected chi connectivity index (χ3v) is 4.60. The van der Waals surface area contributed by atoms with E-state index in [1.807, 2.05) is 0 Å².